The van der Waals surface area contributed by atoms with E-state index in [-0.39, 0.29) is 42.0 Å². The molecule has 0 aliphatic carbocycles. The highest BCUT2D eigenvalue weighted by atomic mass is 127. The van der Waals surface area contributed by atoms with E-state index < -0.39 is 16.4 Å². The van der Waals surface area contributed by atoms with Crippen LogP contribution in [-0.4, -0.2) is 57.5 Å². The molecule has 7 nitrogen and oxygen atoms in total. The van der Waals surface area contributed by atoms with E-state index in [0.29, 0.717) is 37.6 Å². The number of benzene rings is 1. The summed E-state index contributed by atoms with van der Waals surface area (Å²) in [5.41, 5.74) is 0.315. The summed E-state index contributed by atoms with van der Waals surface area (Å²) in [6.45, 7) is 1.20. The first kappa shape index (κ1) is 23.8. The van der Waals surface area contributed by atoms with Gasteiger partial charge in [0.25, 0.3) is 0 Å². The first-order valence-electron chi connectivity index (χ1n) is 7.97. The Balaban J connectivity index is 0.00000364. The van der Waals surface area contributed by atoms with E-state index in [1.54, 1.807) is 6.07 Å². The van der Waals surface area contributed by atoms with Gasteiger partial charge in [-0.05, 0) is 12.5 Å². The summed E-state index contributed by atoms with van der Waals surface area (Å²) in [5.74, 6) is 0.227. The minimum Gasteiger partial charge on any atom is -0.405 e. The summed E-state index contributed by atoms with van der Waals surface area (Å²) in [6.07, 6.45) is -4.15. The number of para-hydroxylation sites is 1. The standard InChI is InChI=1S/C15H21F3N4O3S.HI/c1-19-14(20-7-9-22-8-4-10-26(22,23)24)21-11-12-5-2-3-6-13(12)25-15(16,17)18;/h2-3,5-6H,4,7-11H2,1H3,(H2,19,20,21);1H. The van der Waals surface area contributed by atoms with Crippen LogP contribution in [0.1, 0.15) is 12.0 Å². The van der Waals surface area contributed by atoms with Crippen molar-refractivity contribution in [2.45, 2.75) is 19.3 Å². The molecular formula is C15H22F3IN4O3S. The van der Waals surface area contributed by atoms with Crippen LogP contribution in [0.2, 0.25) is 0 Å². The zero-order valence-electron chi connectivity index (χ0n) is 14.6. The van der Waals surface area contributed by atoms with Crippen molar-refractivity contribution in [3.05, 3.63) is 29.8 Å². The number of hydrogen-bond acceptors (Lipinski definition) is 4. The molecule has 154 valence electrons. The summed E-state index contributed by atoms with van der Waals surface area (Å²) >= 11 is 0. The number of sulfonamides is 1. The van der Waals surface area contributed by atoms with Crippen LogP contribution >= 0.6 is 24.0 Å². The summed E-state index contributed by atoms with van der Waals surface area (Å²) < 4.78 is 66.1. The summed E-state index contributed by atoms with van der Waals surface area (Å²) in [6, 6.07) is 5.81. The van der Waals surface area contributed by atoms with Gasteiger partial charge in [-0.3, -0.25) is 4.99 Å². The lowest BCUT2D eigenvalue weighted by molar-refractivity contribution is -0.274. The van der Waals surface area contributed by atoms with Gasteiger partial charge in [-0.25, -0.2) is 12.7 Å². The van der Waals surface area contributed by atoms with Crippen molar-refractivity contribution in [2.75, 3.05) is 32.4 Å². The first-order chi connectivity index (χ1) is 12.2. The predicted octanol–water partition coefficient (Wildman–Crippen LogP) is 1.90. The van der Waals surface area contributed by atoms with Gasteiger partial charge in [-0.15, -0.1) is 37.1 Å². The van der Waals surface area contributed by atoms with Crippen molar-refractivity contribution in [2.24, 2.45) is 4.99 Å². The van der Waals surface area contributed by atoms with Crippen molar-refractivity contribution >= 4 is 40.0 Å². The second kappa shape index (κ2) is 10.3. The maximum absolute atomic E-state index is 12.4. The van der Waals surface area contributed by atoms with Gasteiger partial charge in [-0.1, -0.05) is 18.2 Å². The molecule has 2 N–H and O–H groups in total. The monoisotopic (exact) mass is 522 g/mol. The van der Waals surface area contributed by atoms with Gasteiger partial charge in [0.15, 0.2) is 5.96 Å². The third-order valence-electron chi connectivity index (χ3n) is 3.73. The molecule has 0 aromatic heterocycles. The van der Waals surface area contributed by atoms with Gasteiger partial charge < -0.3 is 15.4 Å². The quantitative estimate of drug-likeness (QED) is 0.339. The molecule has 1 aromatic rings. The van der Waals surface area contributed by atoms with E-state index >= 15 is 0 Å². The topological polar surface area (TPSA) is 83.0 Å². The number of ether oxygens (including phenoxy) is 1. The van der Waals surface area contributed by atoms with E-state index in [9.17, 15) is 21.6 Å². The van der Waals surface area contributed by atoms with Gasteiger partial charge >= 0.3 is 6.36 Å². The smallest absolute Gasteiger partial charge is 0.405 e. The number of halogens is 4. The van der Waals surface area contributed by atoms with Crippen LogP contribution in [0.5, 0.6) is 5.75 Å². The number of rotatable bonds is 6. The molecule has 0 amide bonds. The van der Waals surface area contributed by atoms with Crippen LogP contribution in [0, 0.1) is 0 Å². The molecule has 2 rings (SSSR count). The van der Waals surface area contributed by atoms with E-state index in [0.717, 1.165) is 0 Å². The van der Waals surface area contributed by atoms with E-state index in [1.807, 2.05) is 0 Å². The van der Waals surface area contributed by atoms with Crippen molar-refractivity contribution < 1.29 is 26.3 Å². The molecule has 12 heteroatoms. The fourth-order valence-electron chi connectivity index (χ4n) is 2.52. The maximum Gasteiger partial charge on any atom is 0.573 e. The largest absolute Gasteiger partial charge is 0.573 e. The average molecular weight is 522 g/mol. The number of alkyl halides is 3. The second-order valence-corrected chi connectivity index (χ2v) is 7.67. The molecule has 1 aliphatic heterocycles. The van der Waals surface area contributed by atoms with Gasteiger partial charge in [0.2, 0.25) is 10.0 Å². The minimum absolute atomic E-state index is 0. The van der Waals surface area contributed by atoms with Crippen LogP contribution in [-0.2, 0) is 16.6 Å². The Morgan fingerprint density at radius 2 is 2.00 bits per heavy atom. The normalized spacial score (nSPS) is 17.3. The van der Waals surface area contributed by atoms with Crippen molar-refractivity contribution in [1.82, 2.24) is 14.9 Å². The molecular weight excluding hydrogens is 500 g/mol. The average Bonchev–Trinajstić information content (AvgIpc) is 2.89. The SMILES string of the molecule is CN=C(NCCN1CCCS1(=O)=O)NCc1ccccc1OC(F)(F)F.I. The number of nitrogens with zero attached hydrogens (tertiary/aromatic N) is 2. The molecule has 0 atom stereocenters. The van der Waals surface area contributed by atoms with E-state index in [2.05, 4.69) is 20.4 Å². The molecule has 1 aliphatic rings. The predicted molar refractivity (Wildman–Crippen MR) is 107 cm³/mol. The molecule has 0 unspecified atom stereocenters. The fourth-order valence-corrected chi connectivity index (χ4v) is 4.04. The molecule has 0 saturated carbocycles. The highest BCUT2D eigenvalue weighted by Crippen LogP contribution is 2.26. The molecule has 0 radical (unpaired) electrons. The lowest BCUT2D eigenvalue weighted by atomic mass is 10.2. The Hall–Kier alpha value is -1.28. The summed E-state index contributed by atoms with van der Waals surface area (Å²) in [5, 5.41) is 5.82. The highest BCUT2D eigenvalue weighted by Gasteiger charge is 2.32. The van der Waals surface area contributed by atoms with Crippen LogP contribution in [0.15, 0.2) is 29.3 Å². The zero-order chi connectivity index (χ0) is 19.2. The molecule has 1 saturated heterocycles. The number of guanidine groups is 1. The highest BCUT2D eigenvalue weighted by molar-refractivity contribution is 14.0. The Kier molecular flexibility index (Phi) is 9.08. The minimum atomic E-state index is -4.77. The van der Waals surface area contributed by atoms with Crippen LogP contribution < -0.4 is 15.4 Å². The molecule has 27 heavy (non-hydrogen) atoms. The second-order valence-electron chi connectivity index (χ2n) is 5.58. The lowest BCUT2D eigenvalue weighted by Gasteiger charge is -2.17. The Morgan fingerprint density at radius 1 is 1.30 bits per heavy atom. The lowest BCUT2D eigenvalue weighted by Crippen LogP contribution is -2.41. The Bertz CT molecular complexity index is 744. The molecule has 0 spiro atoms. The summed E-state index contributed by atoms with van der Waals surface area (Å²) in [4.78, 5) is 3.97. The van der Waals surface area contributed by atoms with Crippen LogP contribution in [0.4, 0.5) is 13.2 Å². The molecule has 1 heterocycles. The number of aliphatic imine (C=N–C) groups is 1. The summed E-state index contributed by atoms with van der Waals surface area (Å²) in [7, 11) is -1.65. The van der Waals surface area contributed by atoms with Gasteiger partial charge in [0, 0.05) is 38.8 Å². The van der Waals surface area contributed by atoms with Gasteiger partial charge in [0.1, 0.15) is 5.75 Å². The maximum atomic E-state index is 12.4. The molecule has 1 aromatic carbocycles. The molecule has 1 fully saturated rings. The number of nitrogens with one attached hydrogen (secondary N) is 2. The Labute approximate surface area is 173 Å². The van der Waals surface area contributed by atoms with Crippen LogP contribution in [0.25, 0.3) is 0 Å². The fraction of sp³-hybridized carbons (Fsp3) is 0.533. The van der Waals surface area contributed by atoms with Gasteiger partial charge in [0.05, 0.1) is 5.75 Å². The zero-order valence-corrected chi connectivity index (χ0v) is 17.8. The van der Waals surface area contributed by atoms with E-state index in [4.69, 9.17) is 0 Å². The third-order valence-corrected chi connectivity index (χ3v) is 5.68. The van der Waals surface area contributed by atoms with Gasteiger partial charge in [-0.2, -0.15) is 0 Å². The van der Waals surface area contributed by atoms with Crippen molar-refractivity contribution in [3.63, 3.8) is 0 Å². The third kappa shape index (κ3) is 7.70. The first-order valence-corrected chi connectivity index (χ1v) is 9.58. The van der Waals surface area contributed by atoms with E-state index in [1.165, 1.54) is 29.6 Å². The van der Waals surface area contributed by atoms with Crippen molar-refractivity contribution in [3.8, 4) is 5.75 Å². The van der Waals surface area contributed by atoms with Crippen molar-refractivity contribution in [1.29, 1.82) is 0 Å². The Morgan fingerprint density at radius 3 is 2.59 bits per heavy atom. The number of hydrogen-bond donors (Lipinski definition) is 2. The van der Waals surface area contributed by atoms with Crippen LogP contribution in [0.3, 0.4) is 0 Å². The molecule has 0 bridgehead atoms.